The number of pyridine rings is 1. The topological polar surface area (TPSA) is 54.9 Å². The van der Waals surface area contributed by atoms with Gasteiger partial charge in [0.2, 0.25) is 0 Å². The second kappa shape index (κ2) is 8.61. The molecule has 6 nitrogen and oxygen atoms in total. The van der Waals surface area contributed by atoms with Gasteiger partial charge < -0.3 is 19.3 Å². The van der Waals surface area contributed by atoms with E-state index in [-0.39, 0.29) is 5.91 Å². The Morgan fingerprint density at radius 2 is 1.83 bits per heavy atom. The Kier molecular flexibility index (Phi) is 5.74. The predicted octanol–water partition coefficient (Wildman–Crippen LogP) is 3.91. The standard InChI is InChI=1S/C24H27N3O3/c1-4-30-19-8-5-7-18(16-19)24(28)27-13-11-26(12-14-27)22-15-17(2)20-9-6-10-21(29-3)23(20)25-22/h5-10,15-16H,4,11-14H2,1-3H3. The molecule has 0 unspecified atom stereocenters. The Bertz CT molecular complexity index is 1060. The molecule has 0 spiro atoms. The van der Waals surface area contributed by atoms with Gasteiger partial charge in [-0.05, 0) is 49.7 Å². The van der Waals surface area contributed by atoms with E-state index in [2.05, 4.69) is 24.0 Å². The summed E-state index contributed by atoms with van der Waals surface area (Å²) < 4.78 is 11.0. The van der Waals surface area contributed by atoms with Crippen molar-refractivity contribution in [2.24, 2.45) is 0 Å². The summed E-state index contributed by atoms with van der Waals surface area (Å²) in [5, 5.41) is 1.10. The molecule has 156 valence electrons. The van der Waals surface area contributed by atoms with Crippen molar-refractivity contribution >= 4 is 22.6 Å². The lowest BCUT2D eigenvalue weighted by molar-refractivity contribution is 0.0746. The highest BCUT2D eigenvalue weighted by Crippen LogP contribution is 2.29. The van der Waals surface area contributed by atoms with Crippen LogP contribution in [0.15, 0.2) is 48.5 Å². The Labute approximate surface area is 177 Å². The number of ether oxygens (including phenoxy) is 2. The number of hydrogen-bond acceptors (Lipinski definition) is 5. The van der Waals surface area contributed by atoms with E-state index in [4.69, 9.17) is 14.5 Å². The van der Waals surface area contributed by atoms with Crippen LogP contribution >= 0.6 is 0 Å². The maximum Gasteiger partial charge on any atom is 0.254 e. The van der Waals surface area contributed by atoms with E-state index in [0.29, 0.717) is 25.3 Å². The first kappa shape index (κ1) is 20.0. The van der Waals surface area contributed by atoms with Gasteiger partial charge >= 0.3 is 0 Å². The van der Waals surface area contributed by atoms with E-state index in [9.17, 15) is 4.79 Å². The smallest absolute Gasteiger partial charge is 0.254 e. The average molecular weight is 405 g/mol. The number of piperazine rings is 1. The molecule has 1 saturated heterocycles. The van der Waals surface area contributed by atoms with Crippen LogP contribution in [-0.2, 0) is 0 Å². The molecule has 4 rings (SSSR count). The van der Waals surface area contributed by atoms with Crippen LogP contribution in [0, 0.1) is 6.92 Å². The number of para-hydroxylation sites is 1. The monoisotopic (exact) mass is 405 g/mol. The number of aryl methyl sites for hydroxylation is 1. The van der Waals surface area contributed by atoms with Crippen LogP contribution in [0.2, 0.25) is 0 Å². The molecule has 6 heteroatoms. The van der Waals surface area contributed by atoms with Gasteiger partial charge in [0.05, 0.1) is 13.7 Å². The second-order valence-electron chi connectivity index (χ2n) is 7.39. The third-order valence-electron chi connectivity index (χ3n) is 5.50. The number of rotatable bonds is 5. The minimum absolute atomic E-state index is 0.0422. The van der Waals surface area contributed by atoms with Gasteiger partial charge in [-0.3, -0.25) is 4.79 Å². The number of methoxy groups -OCH3 is 1. The SMILES string of the molecule is CCOc1cccc(C(=O)N2CCN(c3cc(C)c4cccc(OC)c4n3)CC2)c1. The van der Waals surface area contributed by atoms with Gasteiger partial charge in [-0.25, -0.2) is 4.98 Å². The number of fused-ring (bicyclic) bond motifs is 1. The highest BCUT2D eigenvalue weighted by molar-refractivity contribution is 5.95. The highest BCUT2D eigenvalue weighted by Gasteiger charge is 2.24. The van der Waals surface area contributed by atoms with Crippen molar-refractivity contribution < 1.29 is 14.3 Å². The van der Waals surface area contributed by atoms with Crippen LogP contribution in [0.1, 0.15) is 22.8 Å². The number of nitrogens with zero attached hydrogens (tertiary/aromatic N) is 3. The van der Waals surface area contributed by atoms with E-state index in [0.717, 1.165) is 41.3 Å². The van der Waals surface area contributed by atoms with Crippen LogP contribution in [0.3, 0.4) is 0 Å². The van der Waals surface area contributed by atoms with Gasteiger partial charge in [0, 0.05) is 37.1 Å². The summed E-state index contributed by atoms with van der Waals surface area (Å²) in [5.41, 5.74) is 2.71. The summed E-state index contributed by atoms with van der Waals surface area (Å²) in [5.74, 6) is 2.47. The largest absolute Gasteiger partial charge is 0.494 e. The first-order valence-electron chi connectivity index (χ1n) is 10.3. The van der Waals surface area contributed by atoms with Crippen molar-refractivity contribution in [3.63, 3.8) is 0 Å². The molecule has 1 aliphatic heterocycles. The van der Waals surface area contributed by atoms with Crippen molar-refractivity contribution in [1.82, 2.24) is 9.88 Å². The fourth-order valence-corrected chi connectivity index (χ4v) is 3.91. The molecule has 0 atom stereocenters. The first-order valence-corrected chi connectivity index (χ1v) is 10.3. The summed E-state index contributed by atoms with van der Waals surface area (Å²) in [4.78, 5) is 21.9. The summed E-state index contributed by atoms with van der Waals surface area (Å²) >= 11 is 0. The molecule has 0 radical (unpaired) electrons. The second-order valence-corrected chi connectivity index (χ2v) is 7.39. The third kappa shape index (κ3) is 3.90. The minimum Gasteiger partial charge on any atom is -0.494 e. The fourth-order valence-electron chi connectivity index (χ4n) is 3.91. The molecular weight excluding hydrogens is 378 g/mol. The molecule has 0 N–H and O–H groups in total. The van der Waals surface area contributed by atoms with Gasteiger partial charge in [-0.15, -0.1) is 0 Å². The zero-order valence-corrected chi connectivity index (χ0v) is 17.7. The molecule has 0 saturated carbocycles. The minimum atomic E-state index is 0.0422. The van der Waals surface area contributed by atoms with Crippen molar-refractivity contribution in [2.75, 3.05) is 44.8 Å². The molecule has 1 fully saturated rings. The maximum absolute atomic E-state index is 12.9. The quantitative estimate of drug-likeness (QED) is 0.644. The molecule has 1 aromatic heterocycles. The lowest BCUT2D eigenvalue weighted by Gasteiger charge is -2.35. The number of benzene rings is 2. The molecule has 1 amide bonds. The molecule has 2 heterocycles. The van der Waals surface area contributed by atoms with Gasteiger partial charge in [0.1, 0.15) is 22.8 Å². The van der Waals surface area contributed by atoms with Crippen LogP contribution in [0.4, 0.5) is 5.82 Å². The van der Waals surface area contributed by atoms with E-state index in [1.54, 1.807) is 7.11 Å². The Hall–Kier alpha value is -3.28. The molecule has 3 aromatic rings. The summed E-state index contributed by atoms with van der Waals surface area (Å²) in [6.07, 6.45) is 0. The lowest BCUT2D eigenvalue weighted by Crippen LogP contribution is -2.49. The van der Waals surface area contributed by atoms with E-state index in [1.807, 2.05) is 48.2 Å². The normalized spacial score (nSPS) is 14.1. The van der Waals surface area contributed by atoms with Gasteiger partial charge in [0.25, 0.3) is 5.91 Å². The van der Waals surface area contributed by atoms with Gasteiger partial charge in [0.15, 0.2) is 0 Å². The Morgan fingerprint density at radius 3 is 2.57 bits per heavy atom. The average Bonchev–Trinajstić information content (AvgIpc) is 2.78. The van der Waals surface area contributed by atoms with E-state index >= 15 is 0 Å². The highest BCUT2D eigenvalue weighted by atomic mass is 16.5. The third-order valence-corrected chi connectivity index (χ3v) is 5.50. The lowest BCUT2D eigenvalue weighted by atomic mass is 10.1. The van der Waals surface area contributed by atoms with Crippen molar-refractivity contribution in [1.29, 1.82) is 0 Å². The van der Waals surface area contributed by atoms with Crippen LogP contribution in [0.5, 0.6) is 11.5 Å². The van der Waals surface area contributed by atoms with Gasteiger partial charge in [-0.2, -0.15) is 0 Å². The number of carbonyl (C=O) groups excluding carboxylic acids is 1. The van der Waals surface area contributed by atoms with Crippen LogP contribution < -0.4 is 14.4 Å². The maximum atomic E-state index is 12.9. The summed E-state index contributed by atoms with van der Waals surface area (Å²) in [6, 6.07) is 15.5. The van der Waals surface area contributed by atoms with Gasteiger partial charge in [-0.1, -0.05) is 18.2 Å². The number of aromatic nitrogens is 1. The molecule has 0 bridgehead atoms. The summed E-state index contributed by atoms with van der Waals surface area (Å²) in [6.45, 7) is 7.40. The Balaban J connectivity index is 1.49. The Morgan fingerprint density at radius 1 is 1.07 bits per heavy atom. The first-order chi connectivity index (χ1) is 14.6. The summed E-state index contributed by atoms with van der Waals surface area (Å²) in [7, 11) is 1.67. The number of amides is 1. The van der Waals surface area contributed by atoms with E-state index < -0.39 is 0 Å². The van der Waals surface area contributed by atoms with Crippen LogP contribution in [-0.4, -0.2) is 55.7 Å². The predicted molar refractivity (Wildman–Crippen MR) is 119 cm³/mol. The van der Waals surface area contributed by atoms with Crippen molar-refractivity contribution in [3.05, 3.63) is 59.7 Å². The van der Waals surface area contributed by atoms with E-state index in [1.165, 1.54) is 5.56 Å². The molecule has 30 heavy (non-hydrogen) atoms. The number of anilines is 1. The molecular formula is C24H27N3O3. The zero-order chi connectivity index (χ0) is 21.1. The van der Waals surface area contributed by atoms with Crippen LogP contribution in [0.25, 0.3) is 10.9 Å². The molecule has 0 aliphatic carbocycles. The fraction of sp³-hybridized carbons (Fsp3) is 0.333. The molecule has 2 aromatic carbocycles. The number of hydrogen-bond donors (Lipinski definition) is 0. The van der Waals surface area contributed by atoms with Crippen molar-refractivity contribution in [3.8, 4) is 11.5 Å². The molecule has 1 aliphatic rings. The zero-order valence-electron chi connectivity index (χ0n) is 17.7. The van der Waals surface area contributed by atoms with Crippen molar-refractivity contribution in [2.45, 2.75) is 13.8 Å². The number of carbonyl (C=O) groups is 1.